The number of nitrogens with one attached hydrogen (secondary N) is 1. The van der Waals surface area contributed by atoms with Gasteiger partial charge in [-0.2, -0.15) is 5.10 Å². The van der Waals surface area contributed by atoms with Crippen molar-refractivity contribution in [1.29, 1.82) is 5.41 Å². The van der Waals surface area contributed by atoms with E-state index in [0.717, 1.165) is 17.0 Å². The third kappa shape index (κ3) is 1.56. The van der Waals surface area contributed by atoms with Gasteiger partial charge in [0.15, 0.2) is 5.65 Å². The maximum Gasteiger partial charge on any atom is 0.155 e. The largest absolute Gasteiger partial charge is 0.387 e. The Morgan fingerprint density at radius 2 is 2.43 bits per heavy atom. The molecule has 0 aliphatic heterocycles. The second-order valence-electron chi connectivity index (χ2n) is 3.20. The molecule has 0 aliphatic rings. The average molecular weight is 189 g/mol. The third-order valence-corrected chi connectivity index (χ3v) is 1.90. The lowest BCUT2D eigenvalue weighted by Gasteiger charge is -1.98. The molecule has 72 valence electrons. The molecule has 0 saturated carbocycles. The van der Waals surface area contributed by atoms with E-state index in [1.54, 1.807) is 4.52 Å². The SMILES string of the molecule is Cc1nc2cc(CC(=N)N)ccn2n1. The van der Waals surface area contributed by atoms with E-state index in [1.807, 2.05) is 25.3 Å². The third-order valence-electron chi connectivity index (χ3n) is 1.90. The molecule has 2 rings (SSSR count). The first-order valence-corrected chi connectivity index (χ1v) is 4.30. The maximum absolute atomic E-state index is 7.18. The van der Waals surface area contributed by atoms with Gasteiger partial charge in [-0.25, -0.2) is 9.50 Å². The molecule has 0 aliphatic carbocycles. The lowest BCUT2D eigenvalue weighted by Crippen LogP contribution is -2.12. The van der Waals surface area contributed by atoms with Crippen LogP contribution in [0.15, 0.2) is 18.3 Å². The Hall–Kier alpha value is -1.91. The Labute approximate surface area is 81.1 Å². The molecule has 5 heteroatoms. The minimum Gasteiger partial charge on any atom is -0.387 e. The van der Waals surface area contributed by atoms with E-state index >= 15 is 0 Å². The van der Waals surface area contributed by atoms with Gasteiger partial charge in [0.05, 0.1) is 5.84 Å². The van der Waals surface area contributed by atoms with Gasteiger partial charge in [0, 0.05) is 12.6 Å². The lowest BCUT2D eigenvalue weighted by atomic mass is 10.2. The van der Waals surface area contributed by atoms with Crippen LogP contribution in [0, 0.1) is 12.3 Å². The molecule has 5 nitrogen and oxygen atoms in total. The summed E-state index contributed by atoms with van der Waals surface area (Å²) in [5, 5.41) is 11.3. The topological polar surface area (TPSA) is 80.1 Å². The van der Waals surface area contributed by atoms with Gasteiger partial charge in [-0.15, -0.1) is 0 Å². The number of fused-ring (bicyclic) bond motifs is 1. The number of hydrogen-bond donors (Lipinski definition) is 2. The van der Waals surface area contributed by atoms with Crippen molar-refractivity contribution in [1.82, 2.24) is 14.6 Å². The first-order valence-electron chi connectivity index (χ1n) is 4.30. The van der Waals surface area contributed by atoms with Gasteiger partial charge in [-0.3, -0.25) is 5.41 Å². The zero-order chi connectivity index (χ0) is 10.1. The van der Waals surface area contributed by atoms with Crippen LogP contribution in [0.4, 0.5) is 0 Å². The first-order chi connectivity index (χ1) is 6.65. The number of aryl methyl sites for hydroxylation is 1. The molecule has 2 heterocycles. The second-order valence-corrected chi connectivity index (χ2v) is 3.20. The van der Waals surface area contributed by atoms with Gasteiger partial charge < -0.3 is 5.73 Å². The first kappa shape index (κ1) is 8.68. The molecule has 0 saturated heterocycles. The number of nitrogens with two attached hydrogens (primary N) is 1. The molecule has 0 fully saturated rings. The van der Waals surface area contributed by atoms with E-state index < -0.39 is 0 Å². The smallest absolute Gasteiger partial charge is 0.155 e. The van der Waals surface area contributed by atoms with Crippen LogP contribution in [0.25, 0.3) is 5.65 Å². The van der Waals surface area contributed by atoms with E-state index in [9.17, 15) is 0 Å². The Morgan fingerprint density at radius 1 is 1.64 bits per heavy atom. The molecule has 2 aromatic heterocycles. The lowest BCUT2D eigenvalue weighted by molar-refractivity contribution is 0.927. The number of amidine groups is 1. The van der Waals surface area contributed by atoms with E-state index in [0.29, 0.717) is 6.42 Å². The molecule has 0 spiro atoms. The molecular formula is C9H11N5. The molecule has 0 radical (unpaired) electrons. The molecule has 3 N–H and O–H groups in total. The summed E-state index contributed by atoms with van der Waals surface area (Å²) < 4.78 is 1.71. The van der Waals surface area contributed by atoms with Crippen LogP contribution in [-0.4, -0.2) is 20.4 Å². The zero-order valence-corrected chi connectivity index (χ0v) is 7.86. The van der Waals surface area contributed by atoms with E-state index in [-0.39, 0.29) is 5.84 Å². The molecule has 0 bridgehead atoms. The van der Waals surface area contributed by atoms with Gasteiger partial charge in [0.1, 0.15) is 5.82 Å². The van der Waals surface area contributed by atoms with Crippen molar-refractivity contribution in [3.63, 3.8) is 0 Å². The van der Waals surface area contributed by atoms with Gasteiger partial charge >= 0.3 is 0 Å². The Balaban J connectivity index is 2.45. The standard InChI is InChI=1S/C9H11N5/c1-6-12-9-5-7(4-8(10)11)2-3-14(9)13-6/h2-3,5H,4H2,1H3,(H3,10,11). The van der Waals surface area contributed by atoms with Gasteiger partial charge in [-0.1, -0.05) is 0 Å². The summed E-state index contributed by atoms with van der Waals surface area (Å²) in [5.74, 6) is 0.899. The van der Waals surface area contributed by atoms with Crippen molar-refractivity contribution < 1.29 is 0 Å². The quantitative estimate of drug-likeness (QED) is 0.533. The van der Waals surface area contributed by atoms with Crippen molar-refractivity contribution in [2.75, 3.05) is 0 Å². The Kier molecular flexibility index (Phi) is 1.92. The summed E-state index contributed by atoms with van der Waals surface area (Å²) in [6, 6.07) is 3.78. The van der Waals surface area contributed by atoms with Crippen LogP contribution >= 0.6 is 0 Å². The highest BCUT2D eigenvalue weighted by Crippen LogP contribution is 2.05. The minimum atomic E-state index is 0.158. The van der Waals surface area contributed by atoms with Crippen molar-refractivity contribution in [2.45, 2.75) is 13.3 Å². The summed E-state index contributed by atoms with van der Waals surface area (Å²) in [4.78, 5) is 4.22. The predicted octanol–water partition coefficient (Wildman–Crippen LogP) is 0.516. The van der Waals surface area contributed by atoms with Crippen LogP contribution in [-0.2, 0) is 6.42 Å². The van der Waals surface area contributed by atoms with Crippen molar-refractivity contribution in [3.05, 3.63) is 29.7 Å². The van der Waals surface area contributed by atoms with E-state index in [1.165, 1.54) is 0 Å². The average Bonchev–Trinajstić information content (AvgIpc) is 2.42. The molecule has 2 aromatic rings. The number of aromatic nitrogens is 3. The summed E-state index contributed by atoms with van der Waals surface area (Å²) in [6.45, 7) is 1.84. The molecular weight excluding hydrogens is 178 g/mol. The minimum absolute atomic E-state index is 0.158. The second kappa shape index (κ2) is 3.10. The number of nitrogens with zero attached hydrogens (tertiary/aromatic N) is 3. The fraction of sp³-hybridized carbons (Fsp3) is 0.222. The predicted molar refractivity (Wildman–Crippen MR) is 53.3 cm³/mol. The fourth-order valence-corrected chi connectivity index (χ4v) is 1.36. The van der Waals surface area contributed by atoms with Crippen molar-refractivity contribution in [2.24, 2.45) is 5.73 Å². The fourth-order valence-electron chi connectivity index (χ4n) is 1.36. The van der Waals surface area contributed by atoms with Crippen LogP contribution in [0.5, 0.6) is 0 Å². The maximum atomic E-state index is 7.18. The summed E-state index contributed by atoms with van der Waals surface area (Å²) >= 11 is 0. The number of rotatable bonds is 2. The van der Waals surface area contributed by atoms with E-state index in [2.05, 4.69) is 10.1 Å². The van der Waals surface area contributed by atoms with Crippen LogP contribution < -0.4 is 5.73 Å². The molecule has 0 atom stereocenters. The monoisotopic (exact) mass is 189 g/mol. The molecule has 14 heavy (non-hydrogen) atoms. The molecule has 0 aromatic carbocycles. The van der Waals surface area contributed by atoms with Crippen LogP contribution in [0.3, 0.4) is 0 Å². The highest BCUT2D eigenvalue weighted by molar-refractivity contribution is 5.79. The number of pyridine rings is 1. The highest BCUT2D eigenvalue weighted by atomic mass is 15.3. The molecule has 0 amide bonds. The summed E-state index contributed by atoms with van der Waals surface area (Å²) in [6.07, 6.45) is 2.29. The van der Waals surface area contributed by atoms with Crippen molar-refractivity contribution in [3.8, 4) is 0 Å². The summed E-state index contributed by atoms with van der Waals surface area (Å²) in [5.41, 5.74) is 7.09. The van der Waals surface area contributed by atoms with E-state index in [4.69, 9.17) is 11.1 Å². The van der Waals surface area contributed by atoms with Gasteiger partial charge in [-0.05, 0) is 24.6 Å². The van der Waals surface area contributed by atoms with Gasteiger partial charge in [0.2, 0.25) is 0 Å². The molecule has 0 unspecified atom stereocenters. The van der Waals surface area contributed by atoms with Crippen molar-refractivity contribution >= 4 is 11.5 Å². The highest BCUT2D eigenvalue weighted by Gasteiger charge is 2.01. The normalized spacial score (nSPS) is 10.6. The van der Waals surface area contributed by atoms with Gasteiger partial charge in [0.25, 0.3) is 0 Å². The van der Waals surface area contributed by atoms with Crippen LogP contribution in [0.1, 0.15) is 11.4 Å². The summed E-state index contributed by atoms with van der Waals surface area (Å²) in [7, 11) is 0. The van der Waals surface area contributed by atoms with Crippen LogP contribution in [0.2, 0.25) is 0 Å². The Morgan fingerprint density at radius 3 is 3.14 bits per heavy atom. The zero-order valence-electron chi connectivity index (χ0n) is 7.86. The number of hydrogen-bond acceptors (Lipinski definition) is 3. The Bertz CT molecular complexity index is 485.